The lowest BCUT2D eigenvalue weighted by molar-refractivity contribution is -0.122. The quantitative estimate of drug-likeness (QED) is 0.891. The number of benzene rings is 1. The first-order valence-electron chi connectivity index (χ1n) is 8.11. The second kappa shape index (κ2) is 7.88. The van der Waals surface area contributed by atoms with Gasteiger partial charge >= 0.3 is 0 Å². The van der Waals surface area contributed by atoms with Crippen LogP contribution in [0, 0.1) is 5.92 Å². The van der Waals surface area contributed by atoms with Crippen molar-refractivity contribution in [1.82, 2.24) is 10.3 Å². The second-order valence-corrected chi connectivity index (χ2v) is 6.02. The Morgan fingerprint density at radius 3 is 2.65 bits per heavy atom. The summed E-state index contributed by atoms with van der Waals surface area (Å²) in [5, 5.41) is 3.14. The van der Waals surface area contributed by atoms with Crippen LogP contribution in [-0.2, 0) is 22.4 Å². The molecule has 3 rings (SSSR count). The fourth-order valence-electron chi connectivity index (χ4n) is 2.96. The molecule has 2 atom stereocenters. The maximum atomic E-state index is 12.2. The Balaban J connectivity index is 1.49. The molecule has 0 aliphatic carbocycles. The maximum Gasteiger partial charge on any atom is 0.220 e. The summed E-state index contributed by atoms with van der Waals surface area (Å²) in [4.78, 5) is 16.2. The van der Waals surface area contributed by atoms with Crippen LogP contribution in [0.3, 0.4) is 0 Å². The van der Waals surface area contributed by atoms with Crippen LogP contribution in [0.25, 0.3) is 0 Å². The standard InChI is InChI=1S/C19H22N2O2/c22-19(7-6-15-4-2-1-3-5-15)21-18-14-23-13-17(18)12-16-8-10-20-11-9-16/h1-5,8-11,17-18H,6-7,12-14H2,(H,21,22)/t17-,18+/m1/s1. The molecule has 0 radical (unpaired) electrons. The minimum Gasteiger partial charge on any atom is -0.379 e. The second-order valence-electron chi connectivity index (χ2n) is 6.02. The van der Waals surface area contributed by atoms with E-state index in [1.165, 1.54) is 11.1 Å². The molecule has 2 aromatic rings. The topological polar surface area (TPSA) is 51.2 Å². The smallest absolute Gasteiger partial charge is 0.220 e. The van der Waals surface area contributed by atoms with E-state index in [2.05, 4.69) is 22.4 Å². The molecule has 1 fully saturated rings. The minimum atomic E-state index is 0.101. The van der Waals surface area contributed by atoms with Crippen LogP contribution in [0.5, 0.6) is 0 Å². The fourth-order valence-corrected chi connectivity index (χ4v) is 2.96. The van der Waals surface area contributed by atoms with Gasteiger partial charge in [0.25, 0.3) is 0 Å². The zero-order chi connectivity index (χ0) is 15.9. The van der Waals surface area contributed by atoms with Crippen LogP contribution in [0.2, 0.25) is 0 Å². The molecule has 0 unspecified atom stereocenters. The summed E-state index contributed by atoms with van der Waals surface area (Å²) in [6.07, 6.45) is 5.81. The number of carbonyl (C=O) groups is 1. The lowest BCUT2D eigenvalue weighted by Gasteiger charge is -2.19. The molecule has 0 spiro atoms. The molecular weight excluding hydrogens is 288 g/mol. The normalized spacial score (nSPS) is 20.3. The van der Waals surface area contributed by atoms with Crippen molar-refractivity contribution in [2.75, 3.05) is 13.2 Å². The van der Waals surface area contributed by atoms with E-state index in [1.807, 2.05) is 30.3 Å². The van der Waals surface area contributed by atoms with E-state index in [1.54, 1.807) is 12.4 Å². The molecule has 1 aromatic carbocycles. The van der Waals surface area contributed by atoms with Crippen LogP contribution in [0.15, 0.2) is 54.9 Å². The van der Waals surface area contributed by atoms with E-state index in [9.17, 15) is 4.79 Å². The Morgan fingerprint density at radius 1 is 1.09 bits per heavy atom. The van der Waals surface area contributed by atoms with E-state index in [-0.39, 0.29) is 11.9 Å². The van der Waals surface area contributed by atoms with Crippen molar-refractivity contribution in [2.45, 2.75) is 25.3 Å². The van der Waals surface area contributed by atoms with E-state index in [4.69, 9.17) is 4.74 Å². The molecule has 4 nitrogen and oxygen atoms in total. The van der Waals surface area contributed by atoms with Gasteiger partial charge in [-0.05, 0) is 36.1 Å². The van der Waals surface area contributed by atoms with E-state index in [0.717, 1.165) is 12.8 Å². The highest BCUT2D eigenvalue weighted by molar-refractivity contribution is 5.76. The van der Waals surface area contributed by atoms with Crippen LogP contribution in [-0.4, -0.2) is 30.1 Å². The predicted molar refractivity (Wildman–Crippen MR) is 88.9 cm³/mol. The molecule has 2 heterocycles. The minimum absolute atomic E-state index is 0.101. The van der Waals surface area contributed by atoms with Crippen LogP contribution in [0.4, 0.5) is 0 Å². The van der Waals surface area contributed by atoms with Crippen LogP contribution < -0.4 is 5.32 Å². The zero-order valence-corrected chi connectivity index (χ0v) is 13.2. The summed E-state index contributed by atoms with van der Waals surface area (Å²) in [5.41, 5.74) is 2.43. The molecule has 1 aliphatic heterocycles. The third-order valence-corrected chi connectivity index (χ3v) is 4.28. The van der Waals surface area contributed by atoms with Gasteiger partial charge in [0, 0.05) is 24.7 Å². The molecule has 4 heteroatoms. The summed E-state index contributed by atoms with van der Waals surface area (Å²) in [6, 6.07) is 14.2. The first-order valence-corrected chi connectivity index (χ1v) is 8.11. The fraction of sp³-hybridized carbons (Fsp3) is 0.368. The third-order valence-electron chi connectivity index (χ3n) is 4.28. The molecule has 1 amide bonds. The average Bonchev–Trinajstić information content (AvgIpc) is 3.02. The Bertz CT molecular complexity index is 616. The molecule has 1 aliphatic rings. The van der Waals surface area contributed by atoms with Gasteiger partial charge in [0.15, 0.2) is 0 Å². The first-order chi connectivity index (χ1) is 11.3. The molecule has 0 saturated carbocycles. The Labute approximate surface area is 136 Å². The van der Waals surface area contributed by atoms with Crippen molar-refractivity contribution in [3.63, 3.8) is 0 Å². The number of carbonyl (C=O) groups excluding carboxylic acids is 1. The lowest BCUT2D eigenvalue weighted by Crippen LogP contribution is -2.40. The van der Waals surface area contributed by atoms with Crippen molar-refractivity contribution in [2.24, 2.45) is 5.92 Å². The summed E-state index contributed by atoms with van der Waals surface area (Å²) in [7, 11) is 0. The van der Waals surface area contributed by atoms with E-state index in [0.29, 0.717) is 25.6 Å². The number of aryl methyl sites for hydroxylation is 1. The Kier molecular flexibility index (Phi) is 5.37. The van der Waals surface area contributed by atoms with Gasteiger partial charge in [0.05, 0.1) is 19.3 Å². The van der Waals surface area contributed by atoms with Gasteiger partial charge < -0.3 is 10.1 Å². The monoisotopic (exact) mass is 310 g/mol. The summed E-state index contributed by atoms with van der Waals surface area (Å²) in [5.74, 6) is 0.433. The number of pyridine rings is 1. The van der Waals surface area contributed by atoms with Gasteiger partial charge in [-0.2, -0.15) is 0 Å². The largest absolute Gasteiger partial charge is 0.379 e. The molecular formula is C19H22N2O2. The highest BCUT2D eigenvalue weighted by Gasteiger charge is 2.29. The number of hydrogen-bond acceptors (Lipinski definition) is 3. The van der Waals surface area contributed by atoms with Crippen molar-refractivity contribution in [1.29, 1.82) is 0 Å². The molecule has 23 heavy (non-hydrogen) atoms. The Morgan fingerprint density at radius 2 is 1.87 bits per heavy atom. The van der Waals surface area contributed by atoms with Gasteiger partial charge in [-0.3, -0.25) is 9.78 Å². The number of nitrogens with one attached hydrogen (secondary N) is 1. The molecule has 1 aromatic heterocycles. The van der Waals surface area contributed by atoms with E-state index < -0.39 is 0 Å². The van der Waals surface area contributed by atoms with Gasteiger partial charge in [-0.1, -0.05) is 30.3 Å². The van der Waals surface area contributed by atoms with Crippen molar-refractivity contribution in [3.8, 4) is 0 Å². The number of aromatic nitrogens is 1. The average molecular weight is 310 g/mol. The SMILES string of the molecule is O=C(CCc1ccccc1)N[C@H]1COC[C@H]1Cc1ccncc1. The summed E-state index contributed by atoms with van der Waals surface area (Å²) in [6.45, 7) is 1.30. The van der Waals surface area contributed by atoms with Gasteiger partial charge in [0.1, 0.15) is 0 Å². The maximum absolute atomic E-state index is 12.2. The number of ether oxygens (including phenoxy) is 1. The zero-order valence-electron chi connectivity index (χ0n) is 13.2. The number of nitrogens with zero attached hydrogens (tertiary/aromatic N) is 1. The molecule has 1 N–H and O–H groups in total. The lowest BCUT2D eigenvalue weighted by atomic mass is 9.95. The number of amides is 1. The van der Waals surface area contributed by atoms with Crippen molar-refractivity contribution in [3.05, 3.63) is 66.0 Å². The Hall–Kier alpha value is -2.20. The predicted octanol–water partition coefficient (Wildman–Crippen LogP) is 2.39. The highest BCUT2D eigenvalue weighted by atomic mass is 16.5. The van der Waals surface area contributed by atoms with Gasteiger partial charge in [-0.15, -0.1) is 0 Å². The van der Waals surface area contributed by atoms with Crippen LogP contribution in [0.1, 0.15) is 17.5 Å². The van der Waals surface area contributed by atoms with Crippen molar-refractivity contribution >= 4 is 5.91 Å². The van der Waals surface area contributed by atoms with Crippen molar-refractivity contribution < 1.29 is 9.53 Å². The molecule has 120 valence electrons. The van der Waals surface area contributed by atoms with Gasteiger partial charge in [0.2, 0.25) is 5.91 Å². The number of rotatable bonds is 6. The summed E-state index contributed by atoms with van der Waals surface area (Å²) < 4.78 is 5.58. The highest BCUT2D eigenvalue weighted by Crippen LogP contribution is 2.19. The first kappa shape index (κ1) is 15.7. The van der Waals surface area contributed by atoms with E-state index >= 15 is 0 Å². The van der Waals surface area contributed by atoms with Crippen LogP contribution >= 0.6 is 0 Å². The summed E-state index contributed by atoms with van der Waals surface area (Å²) >= 11 is 0. The number of hydrogen-bond donors (Lipinski definition) is 1. The molecule has 1 saturated heterocycles. The molecule has 0 bridgehead atoms. The van der Waals surface area contributed by atoms with Gasteiger partial charge in [-0.25, -0.2) is 0 Å². The third kappa shape index (κ3) is 4.63.